The minimum absolute atomic E-state index is 0.176. The molecule has 0 amide bonds. The highest BCUT2D eigenvalue weighted by Crippen LogP contribution is 2.15. The molecule has 1 aliphatic heterocycles. The van der Waals surface area contributed by atoms with Gasteiger partial charge >= 0.3 is 0 Å². The van der Waals surface area contributed by atoms with Crippen molar-refractivity contribution in [3.63, 3.8) is 0 Å². The fourth-order valence-electron chi connectivity index (χ4n) is 2.09. The molecule has 0 atom stereocenters. The number of halogens is 2. The molecule has 118 valence electrons. The maximum Gasteiger partial charge on any atom is 0.243 e. The molecule has 1 saturated heterocycles. The third-order valence-corrected chi connectivity index (χ3v) is 4.71. The Bertz CT molecular complexity index is 575. The molecule has 0 saturated carbocycles. The summed E-state index contributed by atoms with van der Waals surface area (Å²) in [5.41, 5.74) is 0. The van der Waals surface area contributed by atoms with E-state index in [1.807, 2.05) is 0 Å². The number of nitrogens with zero attached hydrogens (tertiary/aromatic N) is 1. The van der Waals surface area contributed by atoms with Crippen LogP contribution >= 0.6 is 0 Å². The van der Waals surface area contributed by atoms with Gasteiger partial charge in [0.1, 0.15) is 16.5 Å². The van der Waals surface area contributed by atoms with Gasteiger partial charge in [-0.1, -0.05) is 0 Å². The molecule has 0 spiro atoms. The van der Waals surface area contributed by atoms with Crippen molar-refractivity contribution in [3.05, 3.63) is 29.8 Å². The van der Waals surface area contributed by atoms with Crippen molar-refractivity contribution in [1.82, 2.24) is 9.62 Å². The van der Waals surface area contributed by atoms with Gasteiger partial charge in [0.25, 0.3) is 0 Å². The number of benzene rings is 1. The lowest BCUT2D eigenvalue weighted by Crippen LogP contribution is -2.38. The summed E-state index contributed by atoms with van der Waals surface area (Å²) in [4.78, 5) is 1.51. The smallest absolute Gasteiger partial charge is 0.243 e. The number of hydrogen-bond donors (Lipinski definition) is 1. The number of ether oxygens (including phenoxy) is 1. The Morgan fingerprint density at radius 2 is 1.95 bits per heavy atom. The average molecular weight is 320 g/mol. The van der Waals surface area contributed by atoms with E-state index >= 15 is 0 Å². The van der Waals surface area contributed by atoms with Crippen molar-refractivity contribution in [1.29, 1.82) is 0 Å². The highest BCUT2D eigenvalue weighted by molar-refractivity contribution is 7.89. The van der Waals surface area contributed by atoms with Crippen molar-refractivity contribution in [3.8, 4) is 0 Å². The Labute approximate surface area is 122 Å². The van der Waals surface area contributed by atoms with Gasteiger partial charge in [-0.05, 0) is 31.2 Å². The van der Waals surface area contributed by atoms with Crippen LogP contribution < -0.4 is 4.72 Å². The summed E-state index contributed by atoms with van der Waals surface area (Å²) in [6.45, 7) is 3.92. The number of sulfonamides is 1. The van der Waals surface area contributed by atoms with Crippen LogP contribution in [0.1, 0.15) is 6.42 Å². The van der Waals surface area contributed by atoms with Gasteiger partial charge in [-0.25, -0.2) is 21.9 Å². The van der Waals surface area contributed by atoms with E-state index in [-0.39, 0.29) is 6.54 Å². The summed E-state index contributed by atoms with van der Waals surface area (Å²) in [7, 11) is -4.02. The molecule has 2 rings (SSSR count). The zero-order valence-corrected chi connectivity index (χ0v) is 12.3. The van der Waals surface area contributed by atoms with E-state index in [1.165, 1.54) is 0 Å². The Kier molecular flexibility index (Phi) is 5.63. The zero-order chi connectivity index (χ0) is 15.3. The van der Waals surface area contributed by atoms with Crippen LogP contribution in [0.4, 0.5) is 8.78 Å². The zero-order valence-electron chi connectivity index (χ0n) is 11.5. The molecule has 5 nitrogen and oxygen atoms in total. The Balaban J connectivity index is 1.85. The van der Waals surface area contributed by atoms with E-state index in [4.69, 9.17) is 4.74 Å². The number of hydrogen-bond acceptors (Lipinski definition) is 4. The lowest BCUT2D eigenvalue weighted by molar-refractivity contribution is 0.0376. The normalized spacial score (nSPS) is 17.0. The Morgan fingerprint density at radius 3 is 2.67 bits per heavy atom. The minimum atomic E-state index is -4.02. The summed E-state index contributed by atoms with van der Waals surface area (Å²) in [5.74, 6) is -1.75. The molecule has 0 unspecified atom stereocenters. The number of nitrogens with one attached hydrogen (secondary N) is 1. The van der Waals surface area contributed by atoms with Gasteiger partial charge in [0.15, 0.2) is 0 Å². The highest BCUT2D eigenvalue weighted by atomic mass is 32.2. The molecule has 1 fully saturated rings. The molecule has 0 radical (unpaired) electrons. The van der Waals surface area contributed by atoms with E-state index in [2.05, 4.69) is 9.62 Å². The van der Waals surface area contributed by atoms with E-state index in [0.29, 0.717) is 25.7 Å². The van der Waals surface area contributed by atoms with E-state index in [1.54, 1.807) is 0 Å². The molecule has 1 N–H and O–H groups in total. The summed E-state index contributed by atoms with van der Waals surface area (Å²) in [6, 6.07) is 2.37. The van der Waals surface area contributed by atoms with Crippen molar-refractivity contribution in [2.45, 2.75) is 11.3 Å². The van der Waals surface area contributed by atoms with Crippen LogP contribution in [-0.2, 0) is 14.8 Å². The van der Waals surface area contributed by atoms with Gasteiger partial charge in [0.05, 0.1) is 13.2 Å². The first-order valence-electron chi connectivity index (χ1n) is 6.74. The van der Waals surface area contributed by atoms with Crippen molar-refractivity contribution in [2.24, 2.45) is 0 Å². The van der Waals surface area contributed by atoms with Crippen LogP contribution in [0.25, 0.3) is 0 Å². The van der Waals surface area contributed by atoms with Gasteiger partial charge in [-0.15, -0.1) is 0 Å². The molecule has 0 aromatic heterocycles. The first-order valence-corrected chi connectivity index (χ1v) is 8.22. The molecule has 1 aliphatic rings. The quantitative estimate of drug-likeness (QED) is 0.794. The summed E-state index contributed by atoms with van der Waals surface area (Å²) >= 11 is 0. The SMILES string of the molecule is O=S(=O)(NCCCN1CCOCC1)c1cc(F)ccc1F. The molecular formula is C13H18F2N2O3S. The number of morpholine rings is 1. The van der Waals surface area contributed by atoms with Crippen molar-refractivity contribution >= 4 is 10.0 Å². The van der Waals surface area contributed by atoms with Crippen LogP contribution in [0.5, 0.6) is 0 Å². The monoisotopic (exact) mass is 320 g/mol. The fraction of sp³-hybridized carbons (Fsp3) is 0.538. The number of rotatable bonds is 6. The predicted molar refractivity (Wildman–Crippen MR) is 73.4 cm³/mol. The van der Waals surface area contributed by atoms with E-state index in [9.17, 15) is 17.2 Å². The summed E-state index contributed by atoms with van der Waals surface area (Å²) in [6.07, 6.45) is 0.593. The standard InChI is InChI=1S/C13H18F2N2O3S/c14-11-2-3-12(15)13(10-11)21(18,19)16-4-1-5-17-6-8-20-9-7-17/h2-3,10,16H,1,4-9H2. The maximum atomic E-state index is 13.5. The molecule has 1 heterocycles. The van der Waals surface area contributed by atoms with Gasteiger partial charge < -0.3 is 4.74 Å². The van der Waals surface area contributed by atoms with Gasteiger partial charge in [0, 0.05) is 19.6 Å². The molecule has 0 bridgehead atoms. The molecule has 1 aromatic rings. The molecule has 0 aliphatic carbocycles. The summed E-state index contributed by atoms with van der Waals surface area (Å²) in [5, 5.41) is 0. The van der Waals surface area contributed by atoms with Crippen LogP contribution in [0.3, 0.4) is 0 Å². The van der Waals surface area contributed by atoms with Crippen LogP contribution in [-0.4, -0.2) is 52.7 Å². The Morgan fingerprint density at radius 1 is 1.24 bits per heavy atom. The first-order chi connectivity index (χ1) is 9.99. The average Bonchev–Trinajstić information content (AvgIpc) is 2.47. The predicted octanol–water partition coefficient (Wildman–Crippen LogP) is 0.965. The Hall–Kier alpha value is -1.09. The second kappa shape index (κ2) is 7.26. The first kappa shape index (κ1) is 16.3. The molecule has 8 heteroatoms. The molecule has 1 aromatic carbocycles. The second-order valence-electron chi connectivity index (χ2n) is 4.78. The largest absolute Gasteiger partial charge is 0.379 e. The van der Waals surface area contributed by atoms with Crippen LogP contribution in [0.2, 0.25) is 0 Å². The fourth-order valence-corrected chi connectivity index (χ4v) is 3.26. The summed E-state index contributed by atoms with van der Waals surface area (Å²) < 4.78 is 57.8. The lowest BCUT2D eigenvalue weighted by atomic mass is 10.3. The van der Waals surface area contributed by atoms with Crippen molar-refractivity contribution < 1.29 is 21.9 Å². The minimum Gasteiger partial charge on any atom is -0.379 e. The van der Waals surface area contributed by atoms with Gasteiger partial charge in [0.2, 0.25) is 10.0 Å². The van der Waals surface area contributed by atoms with Crippen LogP contribution in [0, 0.1) is 11.6 Å². The molecule has 21 heavy (non-hydrogen) atoms. The second-order valence-corrected chi connectivity index (χ2v) is 6.52. The topological polar surface area (TPSA) is 58.6 Å². The van der Waals surface area contributed by atoms with E-state index < -0.39 is 26.6 Å². The lowest BCUT2D eigenvalue weighted by Gasteiger charge is -2.26. The van der Waals surface area contributed by atoms with Crippen LogP contribution in [0.15, 0.2) is 23.1 Å². The van der Waals surface area contributed by atoms with E-state index in [0.717, 1.165) is 31.8 Å². The van der Waals surface area contributed by atoms with Crippen molar-refractivity contribution in [2.75, 3.05) is 39.4 Å². The third-order valence-electron chi connectivity index (χ3n) is 3.23. The third kappa shape index (κ3) is 4.70. The maximum absolute atomic E-state index is 13.5. The van der Waals surface area contributed by atoms with Gasteiger partial charge in [-0.3, -0.25) is 4.90 Å². The van der Waals surface area contributed by atoms with Gasteiger partial charge in [-0.2, -0.15) is 0 Å². The highest BCUT2D eigenvalue weighted by Gasteiger charge is 2.19. The molecular weight excluding hydrogens is 302 g/mol.